The summed E-state index contributed by atoms with van der Waals surface area (Å²) in [5.74, 6) is 1.21. The van der Waals surface area contributed by atoms with Gasteiger partial charge in [0.05, 0.1) is 33.4 Å². The maximum atomic E-state index is 11.1. The smallest absolute Gasteiger partial charge is 0.305 e. The molecule has 0 radical (unpaired) electrons. The number of hydrogen-bond acceptors (Lipinski definition) is 6. The number of aromatic nitrogens is 1. The van der Waals surface area contributed by atoms with E-state index in [4.69, 9.17) is 9.47 Å². The Balaban J connectivity index is 2.18. The van der Waals surface area contributed by atoms with Crippen molar-refractivity contribution in [1.29, 1.82) is 0 Å². The first-order chi connectivity index (χ1) is 10.2. The number of esters is 1. The van der Waals surface area contributed by atoms with Gasteiger partial charge in [-0.3, -0.25) is 4.79 Å². The number of rotatable bonds is 6. The van der Waals surface area contributed by atoms with Crippen molar-refractivity contribution in [3.05, 3.63) is 29.3 Å². The maximum absolute atomic E-state index is 11.1. The Morgan fingerprint density at radius 2 is 1.81 bits per heavy atom. The Morgan fingerprint density at radius 1 is 1.14 bits per heavy atom. The molecular weight excluding hydrogens is 290 g/mol. The van der Waals surface area contributed by atoms with Crippen LogP contribution in [0.3, 0.4) is 0 Å². The van der Waals surface area contributed by atoms with Crippen LogP contribution >= 0.6 is 11.3 Å². The number of ether oxygens (including phenoxy) is 3. The van der Waals surface area contributed by atoms with Crippen LogP contribution in [0.15, 0.2) is 23.6 Å². The van der Waals surface area contributed by atoms with Crippen LogP contribution in [-0.4, -0.2) is 32.3 Å². The van der Waals surface area contributed by atoms with Crippen molar-refractivity contribution in [3.8, 4) is 22.1 Å². The average Bonchev–Trinajstić information content (AvgIpc) is 3.00. The molecule has 0 saturated heterocycles. The molecule has 2 rings (SSSR count). The van der Waals surface area contributed by atoms with Crippen molar-refractivity contribution in [2.75, 3.05) is 21.3 Å². The molecule has 1 aromatic carbocycles. The van der Waals surface area contributed by atoms with Crippen molar-refractivity contribution in [1.82, 2.24) is 4.98 Å². The summed E-state index contributed by atoms with van der Waals surface area (Å²) in [5, 5.41) is 2.82. The number of thiazole rings is 1. The summed E-state index contributed by atoms with van der Waals surface area (Å²) in [6, 6.07) is 5.63. The van der Waals surface area contributed by atoms with Crippen LogP contribution in [0.25, 0.3) is 10.6 Å². The Bertz CT molecular complexity index is 602. The number of aryl methyl sites for hydroxylation is 1. The fourth-order valence-electron chi connectivity index (χ4n) is 1.82. The standard InChI is InChI=1S/C15H17NO4S/c1-18-12-6-10(7-13(8-12)19-2)15-16-11(9-21-15)4-5-14(17)20-3/h6-9H,4-5H2,1-3H3. The number of carbonyl (C=O) groups is 1. The first kappa shape index (κ1) is 15.3. The van der Waals surface area contributed by atoms with E-state index < -0.39 is 0 Å². The Hall–Kier alpha value is -2.08. The fourth-order valence-corrected chi connectivity index (χ4v) is 2.66. The van der Waals surface area contributed by atoms with Gasteiger partial charge in [0.25, 0.3) is 0 Å². The van der Waals surface area contributed by atoms with Crippen LogP contribution < -0.4 is 9.47 Å². The SMILES string of the molecule is COC(=O)CCc1csc(-c2cc(OC)cc(OC)c2)n1. The van der Waals surface area contributed by atoms with Crippen molar-refractivity contribution in [3.63, 3.8) is 0 Å². The summed E-state index contributed by atoms with van der Waals surface area (Å²) in [7, 11) is 4.61. The zero-order valence-corrected chi connectivity index (χ0v) is 13.0. The number of nitrogens with zero attached hydrogens (tertiary/aromatic N) is 1. The third-order valence-electron chi connectivity index (χ3n) is 2.96. The number of carbonyl (C=O) groups excluding carboxylic acids is 1. The van der Waals surface area contributed by atoms with Gasteiger partial charge in [0.2, 0.25) is 0 Å². The molecule has 0 aliphatic heterocycles. The largest absolute Gasteiger partial charge is 0.497 e. The molecule has 1 heterocycles. The summed E-state index contributed by atoms with van der Waals surface area (Å²) in [6.07, 6.45) is 0.908. The van der Waals surface area contributed by atoms with E-state index >= 15 is 0 Å². The van der Waals surface area contributed by atoms with Gasteiger partial charge in [0.1, 0.15) is 16.5 Å². The molecule has 0 atom stereocenters. The quantitative estimate of drug-likeness (QED) is 0.768. The third kappa shape index (κ3) is 3.95. The Kier molecular flexibility index (Phi) is 5.16. The van der Waals surface area contributed by atoms with E-state index in [1.54, 1.807) is 14.2 Å². The molecule has 0 aliphatic rings. The van der Waals surface area contributed by atoms with E-state index in [0.29, 0.717) is 12.8 Å². The first-order valence-electron chi connectivity index (χ1n) is 6.41. The van der Waals surface area contributed by atoms with E-state index in [-0.39, 0.29) is 5.97 Å². The van der Waals surface area contributed by atoms with Crippen LogP contribution in [-0.2, 0) is 16.0 Å². The molecule has 5 nitrogen and oxygen atoms in total. The van der Waals surface area contributed by atoms with Gasteiger partial charge in [-0.2, -0.15) is 0 Å². The molecular formula is C15H17NO4S. The lowest BCUT2D eigenvalue weighted by Crippen LogP contribution is -2.01. The Labute approximate surface area is 127 Å². The molecule has 0 unspecified atom stereocenters. The number of methoxy groups -OCH3 is 3. The molecule has 1 aromatic heterocycles. The van der Waals surface area contributed by atoms with Crippen LogP contribution in [0.4, 0.5) is 0 Å². The van der Waals surface area contributed by atoms with Gasteiger partial charge in [-0.25, -0.2) is 4.98 Å². The highest BCUT2D eigenvalue weighted by Gasteiger charge is 2.10. The lowest BCUT2D eigenvalue weighted by Gasteiger charge is -2.06. The van der Waals surface area contributed by atoms with E-state index in [0.717, 1.165) is 27.8 Å². The first-order valence-corrected chi connectivity index (χ1v) is 7.29. The zero-order chi connectivity index (χ0) is 15.2. The summed E-state index contributed by atoms with van der Waals surface area (Å²) in [5.41, 5.74) is 1.81. The van der Waals surface area contributed by atoms with E-state index in [1.165, 1.54) is 18.4 Å². The minimum Gasteiger partial charge on any atom is -0.497 e. The summed E-state index contributed by atoms with van der Waals surface area (Å²) in [4.78, 5) is 15.7. The molecule has 0 saturated carbocycles. The van der Waals surface area contributed by atoms with Crippen molar-refractivity contribution in [2.24, 2.45) is 0 Å². The van der Waals surface area contributed by atoms with Gasteiger partial charge < -0.3 is 14.2 Å². The second-order valence-corrected chi connectivity index (χ2v) is 5.18. The molecule has 2 aromatic rings. The molecule has 112 valence electrons. The minimum atomic E-state index is -0.229. The Morgan fingerprint density at radius 3 is 2.38 bits per heavy atom. The van der Waals surface area contributed by atoms with Gasteiger partial charge in [-0.15, -0.1) is 11.3 Å². The molecule has 0 amide bonds. The fraction of sp³-hybridized carbons (Fsp3) is 0.333. The zero-order valence-electron chi connectivity index (χ0n) is 12.2. The van der Waals surface area contributed by atoms with E-state index in [2.05, 4.69) is 9.72 Å². The number of benzene rings is 1. The second-order valence-electron chi connectivity index (χ2n) is 4.32. The topological polar surface area (TPSA) is 57.7 Å². The molecule has 0 fully saturated rings. The predicted molar refractivity (Wildman–Crippen MR) is 81.0 cm³/mol. The lowest BCUT2D eigenvalue weighted by atomic mass is 10.2. The van der Waals surface area contributed by atoms with E-state index in [9.17, 15) is 4.79 Å². The van der Waals surface area contributed by atoms with Crippen LogP contribution in [0.2, 0.25) is 0 Å². The molecule has 0 spiro atoms. The molecule has 21 heavy (non-hydrogen) atoms. The van der Waals surface area contributed by atoms with Gasteiger partial charge in [0, 0.05) is 23.4 Å². The third-order valence-corrected chi connectivity index (χ3v) is 3.90. The summed E-state index contributed by atoms with van der Waals surface area (Å²) in [6.45, 7) is 0. The number of hydrogen-bond donors (Lipinski definition) is 0. The summed E-state index contributed by atoms with van der Waals surface area (Å²) >= 11 is 1.53. The maximum Gasteiger partial charge on any atom is 0.305 e. The molecule has 0 bridgehead atoms. The minimum absolute atomic E-state index is 0.229. The van der Waals surface area contributed by atoms with Crippen LogP contribution in [0.1, 0.15) is 12.1 Å². The van der Waals surface area contributed by atoms with Gasteiger partial charge in [-0.05, 0) is 12.1 Å². The second kappa shape index (κ2) is 7.08. The average molecular weight is 307 g/mol. The molecule has 0 aliphatic carbocycles. The van der Waals surface area contributed by atoms with Crippen LogP contribution in [0, 0.1) is 0 Å². The summed E-state index contributed by atoms with van der Waals surface area (Å²) < 4.78 is 15.1. The van der Waals surface area contributed by atoms with Crippen molar-refractivity contribution in [2.45, 2.75) is 12.8 Å². The lowest BCUT2D eigenvalue weighted by molar-refractivity contribution is -0.140. The van der Waals surface area contributed by atoms with Gasteiger partial charge in [-0.1, -0.05) is 0 Å². The molecule has 6 heteroatoms. The highest BCUT2D eigenvalue weighted by Crippen LogP contribution is 2.31. The van der Waals surface area contributed by atoms with Gasteiger partial charge in [0.15, 0.2) is 0 Å². The highest BCUT2D eigenvalue weighted by molar-refractivity contribution is 7.13. The normalized spacial score (nSPS) is 10.2. The van der Waals surface area contributed by atoms with Crippen molar-refractivity contribution < 1.29 is 19.0 Å². The van der Waals surface area contributed by atoms with E-state index in [1.807, 2.05) is 23.6 Å². The molecule has 0 N–H and O–H groups in total. The van der Waals surface area contributed by atoms with Crippen LogP contribution in [0.5, 0.6) is 11.5 Å². The van der Waals surface area contributed by atoms with Crippen molar-refractivity contribution >= 4 is 17.3 Å². The van der Waals surface area contributed by atoms with Gasteiger partial charge >= 0.3 is 5.97 Å². The highest BCUT2D eigenvalue weighted by atomic mass is 32.1. The monoisotopic (exact) mass is 307 g/mol. The predicted octanol–water partition coefficient (Wildman–Crippen LogP) is 2.93.